The summed E-state index contributed by atoms with van der Waals surface area (Å²) in [4.78, 5) is 10.4. The van der Waals surface area contributed by atoms with Crippen molar-refractivity contribution >= 4 is 82.5 Å². The van der Waals surface area contributed by atoms with Crippen LogP contribution in [0.25, 0.3) is 93.2 Å². The number of ether oxygens (including phenoxy) is 1. The van der Waals surface area contributed by atoms with Crippen LogP contribution in [0, 0.1) is 20.8 Å². The minimum Gasteiger partial charge on any atom is -0.457 e. The molecule has 0 aliphatic carbocycles. The Kier molecular flexibility index (Phi) is 10.2. The Bertz CT molecular complexity index is 4340. The highest BCUT2D eigenvalue weighted by Crippen LogP contribution is 2.51. The van der Waals surface area contributed by atoms with Gasteiger partial charge in [0.1, 0.15) is 23.8 Å². The van der Waals surface area contributed by atoms with Gasteiger partial charge >= 0.3 is 0 Å². The van der Waals surface area contributed by atoms with Crippen LogP contribution in [0.15, 0.2) is 237 Å². The van der Waals surface area contributed by atoms with Crippen LogP contribution in [0.2, 0.25) is 0 Å². The molecule has 0 spiro atoms. The lowest BCUT2D eigenvalue weighted by molar-refractivity contribution is 0.483. The Labute approximate surface area is 430 Å². The predicted octanol–water partition coefficient (Wildman–Crippen LogP) is 18.6. The van der Waals surface area contributed by atoms with Gasteiger partial charge in [-0.25, -0.2) is 4.98 Å². The van der Waals surface area contributed by atoms with Crippen LogP contribution in [0.3, 0.4) is 0 Å². The maximum Gasteiger partial charge on any atom is 0.145 e. The van der Waals surface area contributed by atoms with Crippen molar-refractivity contribution in [3.05, 3.63) is 253 Å². The number of benzene rings is 10. The molecule has 352 valence electrons. The third-order valence-corrected chi connectivity index (χ3v) is 15.1. The molecule has 74 heavy (non-hydrogen) atoms. The van der Waals surface area contributed by atoms with Gasteiger partial charge in [-0.15, -0.1) is 0 Å². The van der Waals surface area contributed by atoms with E-state index in [1.165, 1.54) is 66.4 Å². The van der Waals surface area contributed by atoms with Crippen LogP contribution in [-0.2, 0) is 0 Å². The summed E-state index contributed by atoms with van der Waals surface area (Å²) in [5.41, 5.74) is 18.3. The molecule has 0 fully saturated rings. The number of aryl methyl sites for hydroxylation is 3. The highest BCUT2D eigenvalue weighted by Gasteiger charge is 2.31. The van der Waals surface area contributed by atoms with E-state index in [1.54, 1.807) is 0 Å². The van der Waals surface area contributed by atoms with Crippen molar-refractivity contribution in [1.29, 1.82) is 0 Å². The first-order valence-electron chi connectivity index (χ1n) is 25.5. The van der Waals surface area contributed by atoms with Gasteiger partial charge in [-0.2, -0.15) is 0 Å². The van der Waals surface area contributed by atoms with Gasteiger partial charge in [0, 0.05) is 62.3 Å². The van der Waals surface area contributed by atoms with E-state index in [2.05, 4.69) is 272 Å². The lowest BCUT2D eigenvalue weighted by atomic mass is 9.94. The molecule has 1 aliphatic rings. The van der Waals surface area contributed by atoms with Crippen LogP contribution in [0.4, 0.5) is 22.7 Å². The lowest BCUT2D eigenvalue weighted by Gasteiger charge is -2.27. The van der Waals surface area contributed by atoms with E-state index in [9.17, 15) is 0 Å². The van der Waals surface area contributed by atoms with E-state index >= 15 is 0 Å². The van der Waals surface area contributed by atoms with Crippen molar-refractivity contribution in [2.24, 2.45) is 0 Å². The maximum atomic E-state index is 7.00. The molecule has 0 unspecified atom stereocenters. The summed E-state index contributed by atoms with van der Waals surface area (Å²) >= 11 is 0. The van der Waals surface area contributed by atoms with Crippen LogP contribution >= 0.6 is 0 Å². The molecule has 0 saturated carbocycles. The average Bonchev–Trinajstić information content (AvgIpc) is 4.02. The average molecular weight is 951 g/mol. The number of hydrogen-bond donors (Lipinski definition) is 0. The smallest absolute Gasteiger partial charge is 0.145 e. The number of anilines is 4. The molecule has 0 atom stereocenters. The van der Waals surface area contributed by atoms with Gasteiger partial charge in [0.05, 0.1) is 28.1 Å². The van der Waals surface area contributed by atoms with Gasteiger partial charge in [0.15, 0.2) is 0 Å². The molecule has 3 aromatic heterocycles. The molecular weight excluding hydrogens is 901 g/mol. The molecule has 0 amide bonds. The van der Waals surface area contributed by atoms with Gasteiger partial charge in [-0.05, 0) is 113 Å². The molecular formula is C69H50N4O. The van der Waals surface area contributed by atoms with Crippen molar-refractivity contribution < 1.29 is 4.74 Å². The predicted molar refractivity (Wildman–Crippen MR) is 311 cm³/mol. The van der Waals surface area contributed by atoms with E-state index in [0.29, 0.717) is 6.67 Å². The van der Waals surface area contributed by atoms with E-state index in [1.807, 2.05) is 0 Å². The zero-order chi connectivity index (χ0) is 49.4. The molecule has 1 aliphatic heterocycles. The summed E-state index contributed by atoms with van der Waals surface area (Å²) < 4.78 is 9.40. The molecule has 0 saturated heterocycles. The van der Waals surface area contributed by atoms with Gasteiger partial charge < -0.3 is 14.5 Å². The second kappa shape index (κ2) is 17.4. The number of rotatable bonds is 7. The topological polar surface area (TPSA) is 33.0 Å². The minimum absolute atomic E-state index is 0.615. The second-order valence-electron chi connectivity index (χ2n) is 19.7. The summed E-state index contributed by atoms with van der Waals surface area (Å²) in [6, 6.07) is 83.2. The van der Waals surface area contributed by atoms with Gasteiger partial charge in [0.25, 0.3) is 0 Å². The van der Waals surface area contributed by atoms with Crippen molar-refractivity contribution in [2.75, 3.05) is 16.5 Å². The second-order valence-corrected chi connectivity index (χ2v) is 19.7. The number of hydrogen-bond acceptors (Lipinski definition) is 4. The van der Waals surface area contributed by atoms with E-state index in [4.69, 9.17) is 9.72 Å². The normalized spacial score (nSPS) is 12.4. The third-order valence-electron chi connectivity index (χ3n) is 15.1. The van der Waals surface area contributed by atoms with Gasteiger partial charge in [0.2, 0.25) is 0 Å². The lowest BCUT2D eigenvalue weighted by Crippen LogP contribution is -2.24. The van der Waals surface area contributed by atoms with Crippen molar-refractivity contribution in [2.45, 2.75) is 20.8 Å². The summed E-state index contributed by atoms with van der Waals surface area (Å²) in [6.45, 7) is 7.21. The molecule has 5 nitrogen and oxygen atoms in total. The summed E-state index contributed by atoms with van der Waals surface area (Å²) in [5, 5.41) is 9.22. The SMILES string of the molecule is Cc1cc(C)c(-c2cnc3c(c2)c2ccccc2c2ccccc2c2cccc4c5ccc(Oc6cccc(N7CN(c8c(-c9ccccc9)cccc8-c8ccccc8)c8ccccc87)c6)cc5n3c24)c(C)c1. The number of fused-ring (bicyclic) bond motifs is 11. The van der Waals surface area contributed by atoms with E-state index < -0.39 is 0 Å². The van der Waals surface area contributed by atoms with Crippen molar-refractivity contribution in [3.63, 3.8) is 0 Å². The zero-order valence-electron chi connectivity index (χ0n) is 41.4. The fraction of sp³-hybridized carbons (Fsp3) is 0.0580. The summed E-state index contributed by atoms with van der Waals surface area (Å²) in [5.74, 6) is 1.50. The van der Waals surface area contributed by atoms with Crippen LogP contribution in [0.1, 0.15) is 16.7 Å². The van der Waals surface area contributed by atoms with E-state index in [-0.39, 0.29) is 0 Å². The standard InChI is InChI=1S/C69H50N4O/c1-44-37-45(2)66(46(3)38-44)49-39-62-58-28-13-11-26-56(58)55-25-10-12-27-57(55)60-31-18-32-61-59-36-35-52(41-65(59)73(68(60)61)69(62)70-42-49)74-51-24-16-23-50(40-51)71-43-72(64-34-15-14-33-63(64)71)67-53(47-19-6-4-7-20-47)29-17-30-54(67)48-21-8-5-9-22-48/h4-42H,43H2,1-3H3. The molecule has 14 rings (SSSR count). The molecule has 0 N–H and O–H groups in total. The molecule has 0 bridgehead atoms. The largest absolute Gasteiger partial charge is 0.457 e. The Morgan fingerprint density at radius 2 is 0.932 bits per heavy atom. The fourth-order valence-corrected chi connectivity index (χ4v) is 12.1. The Morgan fingerprint density at radius 1 is 0.405 bits per heavy atom. The first kappa shape index (κ1) is 43.3. The number of nitrogens with zero attached hydrogens (tertiary/aromatic N) is 4. The summed E-state index contributed by atoms with van der Waals surface area (Å²) in [6.07, 6.45) is 2.07. The molecule has 13 aromatic rings. The molecule has 0 radical (unpaired) electrons. The highest BCUT2D eigenvalue weighted by atomic mass is 16.5. The van der Waals surface area contributed by atoms with Gasteiger partial charge in [-0.3, -0.25) is 4.40 Å². The molecule has 5 heteroatoms. The first-order chi connectivity index (χ1) is 36.4. The van der Waals surface area contributed by atoms with E-state index in [0.717, 1.165) is 77.7 Å². The monoisotopic (exact) mass is 950 g/mol. The fourth-order valence-electron chi connectivity index (χ4n) is 12.1. The van der Waals surface area contributed by atoms with Crippen LogP contribution < -0.4 is 14.5 Å². The zero-order valence-corrected chi connectivity index (χ0v) is 41.4. The maximum absolute atomic E-state index is 7.00. The van der Waals surface area contributed by atoms with Crippen molar-refractivity contribution in [1.82, 2.24) is 9.38 Å². The van der Waals surface area contributed by atoms with Crippen molar-refractivity contribution in [3.8, 4) is 44.9 Å². The number of pyridine rings is 1. The minimum atomic E-state index is 0.615. The molecule has 4 heterocycles. The Hall–Kier alpha value is -9.45. The summed E-state index contributed by atoms with van der Waals surface area (Å²) in [7, 11) is 0. The quantitative estimate of drug-likeness (QED) is 0.159. The third kappa shape index (κ3) is 7.03. The first-order valence-corrected chi connectivity index (χ1v) is 25.5. The van der Waals surface area contributed by atoms with Crippen LogP contribution in [-0.4, -0.2) is 16.1 Å². The Morgan fingerprint density at radius 3 is 1.59 bits per heavy atom. The number of para-hydroxylation sites is 4. The Balaban J connectivity index is 0.930. The number of aromatic nitrogens is 2. The highest BCUT2D eigenvalue weighted by molar-refractivity contribution is 6.25. The molecule has 10 aromatic carbocycles. The van der Waals surface area contributed by atoms with Crippen LogP contribution in [0.5, 0.6) is 11.5 Å². The van der Waals surface area contributed by atoms with Gasteiger partial charge in [-0.1, -0.05) is 181 Å².